The molecule has 3 aromatic carbocycles. The number of aromatic nitrogens is 2. The van der Waals surface area contributed by atoms with E-state index < -0.39 is 4.92 Å². The summed E-state index contributed by atoms with van der Waals surface area (Å²) >= 11 is 6.05. The number of non-ortho nitro benzene ring substituents is 1. The number of nitrogens with zero attached hydrogens (tertiary/aromatic N) is 4. The molecule has 0 saturated carbocycles. The number of carbonyl (C=O) groups excluding carboxylic acids is 1. The fourth-order valence-electron chi connectivity index (χ4n) is 3.62. The van der Waals surface area contributed by atoms with Gasteiger partial charge in [0.1, 0.15) is 0 Å². The van der Waals surface area contributed by atoms with Gasteiger partial charge in [-0.05, 0) is 30.7 Å². The molecule has 0 N–H and O–H groups in total. The van der Waals surface area contributed by atoms with Crippen molar-refractivity contribution in [1.82, 2.24) is 15.0 Å². The summed E-state index contributed by atoms with van der Waals surface area (Å²) in [4.78, 5) is 30.2. The molecular weight excluding hydrogens is 456 g/mol. The van der Waals surface area contributed by atoms with Crippen LogP contribution < -0.4 is 0 Å². The topological polar surface area (TPSA) is 102 Å². The van der Waals surface area contributed by atoms with Crippen LogP contribution in [0.2, 0.25) is 5.02 Å². The van der Waals surface area contributed by atoms with Crippen LogP contribution in [0.15, 0.2) is 83.4 Å². The molecule has 0 radical (unpaired) electrons. The first-order valence-corrected chi connectivity index (χ1v) is 11.0. The maximum Gasteiger partial charge on any atom is 0.270 e. The molecule has 4 aromatic rings. The molecule has 8 nitrogen and oxygen atoms in total. The molecule has 1 heterocycles. The maximum absolute atomic E-state index is 13.4. The first kappa shape index (κ1) is 23.1. The van der Waals surface area contributed by atoms with Crippen LogP contribution in [0.1, 0.15) is 34.8 Å². The molecule has 1 amide bonds. The second-order valence-corrected chi connectivity index (χ2v) is 8.10. The maximum atomic E-state index is 13.4. The Balaban J connectivity index is 1.58. The zero-order valence-electron chi connectivity index (χ0n) is 18.3. The van der Waals surface area contributed by atoms with Crippen LogP contribution in [-0.2, 0) is 6.42 Å². The van der Waals surface area contributed by atoms with Crippen molar-refractivity contribution in [3.8, 4) is 11.4 Å². The summed E-state index contributed by atoms with van der Waals surface area (Å²) in [6.45, 7) is 2.19. The van der Waals surface area contributed by atoms with Crippen molar-refractivity contribution in [1.29, 1.82) is 0 Å². The molecule has 0 bridgehead atoms. The summed E-state index contributed by atoms with van der Waals surface area (Å²) < 4.78 is 5.40. The van der Waals surface area contributed by atoms with Gasteiger partial charge in [-0.2, -0.15) is 4.98 Å². The number of amides is 1. The average molecular weight is 477 g/mol. The van der Waals surface area contributed by atoms with E-state index in [1.165, 1.54) is 18.2 Å². The van der Waals surface area contributed by atoms with Crippen LogP contribution in [0, 0.1) is 10.1 Å². The van der Waals surface area contributed by atoms with Gasteiger partial charge in [0.2, 0.25) is 11.7 Å². The molecule has 0 spiro atoms. The van der Waals surface area contributed by atoms with Gasteiger partial charge in [0, 0.05) is 41.2 Å². The van der Waals surface area contributed by atoms with Gasteiger partial charge in [0.15, 0.2) is 0 Å². The summed E-state index contributed by atoms with van der Waals surface area (Å²) in [5.74, 6) is 0.451. The number of rotatable bonds is 8. The van der Waals surface area contributed by atoms with Gasteiger partial charge in [-0.3, -0.25) is 14.9 Å². The lowest BCUT2D eigenvalue weighted by Crippen LogP contribution is -2.35. The Morgan fingerprint density at radius 3 is 2.59 bits per heavy atom. The van der Waals surface area contributed by atoms with Crippen LogP contribution in [0.3, 0.4) is 0 Å². The Morgan fingerprint density at radius 2 is 1.85 bits per heavy atom. The van der Waals surface area contributed by atoms with Gasteiger partial charge in [-0.15, -0.1) is 0 Å². The Bertz CT molecular complexity index is 1310. The molecule has 172 valence electrons. The highest BCUT2D eigenvalue weighted by molar-refractivity contribution is 6.30. The summed E-state index contributed by atoms with van der Waals surface area (Å²) in [5.41, 5.74) is 1.76. The number of benzene rings is 3. The van der Waals surface area contributed by atoms with Crippen molar-refractivity contribution in [2.75, 3.05) is 6.54 Å². The summed E-state index contributed by atoms with van der Waals surface area (Å²) in [5, 5.41) is 15.8. The average Bonchev–Trinajstić information content (AvgIpc) is 3.33. The number of nitro benzene ring substituents is 1. The van der Waals surface area contributed by atoms with Crippen molar-refractivity contribution in [3.63, 3.8) is 0 Å². The highest BCUT2D eigenvalue weighted by Crippen LogP contribution is 2.25. The fraction of sp³-hybridized carbons (Fsp3) is 0.160. The third-order valence-electron chi connectivity index (χ3n) is 5.43. The Morgan fingerprint density at radius 1 is 1.09 bits per heavy atom. The number of halogens is 1. The van der Waals surface area contributed by atoms with Gasteiger partial charge >= 0.3 is 0 Å². The summed E-state index contributed by atoms with van der Waals surface area (Å²) in [7, 11) is 0. The van der Waals surface area contributed by atoms with Crippen molar-refractivity contribution < 1.29 is 14.2 Å². The monoisotopic (exact) mass is 476 g/mol. The van der Waals surface area contributed by atoms with Crippen molar-refractivity contribution >= 4 is 23.2 Å². The molecule has 34 heavy (non-hydrogen) atoms. The Kier molecular flexibility index (Phi) is 6.98. The SMILES string of the molecule is C[C@@H](c1ccccc1)N(CCc1nc(-c2cccc(Cl)c2)no1)C(=O)c1cccc([N+](=O)[O-])c1. The molecule has 1 atom stereocenters. The van der Waals surface area contributed by atoms with Gasteiger partial charge in [0.05, 0.1) is 11.0 Å². The molecule has 0 aliphatic carbocycles. The van der Waals surface area contributed by atoms with E-state index in [-0.39, 0.29) is 29.7 Å². The standard InChI is InChI=1S/C25H21ClN4O4/c1-17(18-7-3-2-4-8-18)29(25(31)20-10-6-12-22(16-20)30(32)33)14-13-23-27-24(28-34-23)19-9-5-11-21(26)15-19/h2-12,15-17H,13-14H2,1H3/t17-/m0/s1. The molecule has 4 rings (SSSR count). The van der Waals surface area contributed by atoms with Crippen LogP contribution in [-0.4, -0.2) is 32.4 Å². The van der Waals surface area contributed by atoms with Crippen molar-refractivity contribution in [2.24, 2.45) is 0 Å². The minimum absolute atomic E-state index is 0.138. The highest BCUT2D eigenvalue weighted by atomic mass is 35.5. The molecule has 0 fully saturated rings. The van der Waals surface area contributed by atoms with Gasteiger partial charge in [-0.1, -0.05) is 65.3 Å². The Hall–Kier alpha value is -4.04. The molecule has 0 saturated heterocycles. The number of nitro groups is 1. The van der Waals surface area contributed by atoms with E-state index in [4.69, 9.17) is 16.1 Å². The number of carbonyl (C=O) groups is 1. The third-order valence-corrected chi connectivity index (χ3v) is 5.67. The summed E-state index contributed by atoms with van der Waals surface area (Å²) in [6.07, 6.45) is 0.311. The normalized spacial score (nSPS) is 11.7. The molecule has 0 aliphatic rings. The first-order chi connectivity index (χ1) is 16.4. The van der Waals surface area contributed by atoms with E-state index in [0.29, 0.717) is 23.2 Å². The number of hydrogen-bond donors (Lipinski definition) is 0. The van der Waals surface area contributed by atoms with E-state index in [0.717, 1.165) is 11.1 Å². The zero-order chi connectivity index (χ0) is 24.1. The smallest absolute Gasteiger partial charge is 0.270 e. The predicted octanol–water partition coefficient (Wildman–Crippen LogP) is 5.74. The van der Waals surface area contributed by atoms with Crippen LogP contribution in [0.4, 0.5) is 5.69 Å². The van der Waals surface area contributed by atoms with Gasteiger partial charge < -0.3 is 9.42 Å². The lowest BCUT2D eigenvalue weighted by molar-refractivity contribution is -0.384. The lowest BCUT2D eigenvalue weighted by Gasteiger charge is -2.29. The second-order valence-electron chi connectivity index (χ2n) is 7.66. The van der Waals surface area contributed by atoms with Crippen molar-refractivity contribution in [2.45, 2.75) is 19.4 Å². The van der Waals surface area contributed by atoms with E-state index in [9.17, 15) is 14.9 Å². The molecule has 9 heteroatoms. The predicted molar refractivity (Wildman–Crippen MR) is 127 cm³/mol. The third kappa shape index (κ3) is 5.29. The highest BCUT2D eigenvalue weighted by Gasteiger charge is 2.25. The molecular formula is C25H21ClN4O4. The van der Waals surface area contributed by atoms with E-state index >= 15 is 0 Å². The lowest BCUT2D eigenvalue weighted by atomic mass is 10.0. The largest absolute Gasteiger partial charge is 0.339 e. The van der Waals surface area contributed by atoms with Crippen LogP contribution >= 0.6 is 11.6 Å². The Labute approximate surface area is 200 Å². The second kappa shape index (κ2) is 10.3. The minimum Gasteiger partial charge on any atom is -0.339 e. The number of hydrogen-bond acceptors (Lipinski definition) is 6. The van der Waals surface area contributed by atoms with E-state index in [1.54, 1.807) is 29.2 Å². The van der Waals surface area contributed by atoms with Gasteiger partial charge in [-0.25, -0.2) is 0 Å². The molecule has 0 aliphatic heterocycles. The fourth-order valence-corrected chi connectivity index (χ4v) is 3.81. The quantitative estimate of drug-likeness (QED) is 0.237. The van der Waals surface area contributed by atoms with E-state index in [1.807, 2.05) is 43.3 Å². The first-order valence-electron chi connectivity index (χ1n) is 10.6. The van der Waals surface area contributed by atoms with Gasteiger partial charge in [0.25, 0.3) is 11.6 Å². The molecule has 1 aromatic heterocycles. The molecule has 0 unspecified atom stereocenters. The van der Waals surface area contributed by atoms with E-state index in [2.05, 4.69) is 10.1 Å². The zero-order valence-corrected chi connectivity index (χ0v) is 19.1. The summed E-state index contributed by atoms with van der Waals surface area (Å²) in [6, 6.07) is 22.1. The van der Waals surface area contributed by atoms with Crippen LogP contribution in [0.25, 0.3) is 11.4 Å². The van der Waals surface area contributed by atoms with Crippen molar-refractivity contribution in [3.05, 3.63) is 111 Å². The van der Waals surface area contributed by atoms with Crippen LogP contribution in [0.5, 0.6) is 0 Å². The minimum atomic E-state index is -0.516.